The zero-order valence-corrected chi connectivity index (χ0v) is 27.5. The lowest BCUT2D eigenvalue weighted by molar-refractivity contribution is -0.152. The van der Waals surface area contributed by atoms with Crippen LogP contribution in [0.15, 0.2) is 24.3 Å². The van der Waals surface area contributed by atoms with Crippen LogP contribution in [0.5, 0.6) is 11.6 Å². The van der Waals surface area contributed by atoms with Gasteiger partial charge >= 0.3 is 12.1 Å². The normalized spacial score (nSPS) is 28.1. The van der Waals surface area contributed by atoms with Gasteiger partial charge in [0.1, 0.15) is 36.1 Å². The summed E-state index contributed by atoms with van der Waals surface area (Å²) in [5.41, 5.74) is 1.07. The maximum atomic E-state index is 14.2. The van der Waals surface area contributed by atoms with E-state index in [2.05, 4.69) is 16.7 Å². The van der Waals surface area contributed by atoms with Crippen molar-refractivity contribution in [1.29, 1.82) is 0 Å². The molecule has 1 unspecified atom stereocenters. The number of hydrogen-bond acceptors (Lipinski definition) is 9. The summed E-state index contributed by atoms with van der Waals surface area (Å²) in [7, 11) is 1.32. The molecule has 46 heavy (non-hydrogen) atoms. The van der Waals surface area contributed by atoms with Crippen molar-refractivity contribution in [3.8, 4) is 11.6 Å². The highest BCUT2D eigenvalue weighted by molar-refractivity contribution is 5.91. The molecule has 11 heteroatoms. The van der Waals surface area contributed by atoms with Gasteiger partial charge in [0.2, 0.25) is 11.8 Å². The van der Waals surface area contributed by atoms with Gasteiger partial charge in [-0.3, -0.25) is 4.79 Å². The van der Waals surface area contributed by atoms with Crippen LogP contribution in [-0.4, -0.2) is 85.0 Å². The number of ether oxygens (including phenoxy) is 4. The SMILES string of the molecule is COC(=O)[C@@H]1C[C@@H]2CN1C(=O)[C@H](C(C)(C)C)NC(=O)O[C@@H]1CC1CCCCCc1c(nc3ccccc3c1OC1CCNCC1)O2. The number of nitrogens with zero attached hydrogens (tertiary/aromatic N) is 2. The maximum Gasteiger partial charge on any atom is 0.408 e. The van der Waals surface area contributed by atoms with Gasteiger partial charge in [-0.15, -0.1) is 0 Å². The summed E-state index contributed by atoms with van der Waals surface area (Å²) in [5, 5.41) is 7.21. The van der Waals surface area contributed by atoms with E-state index in [1.54, 1.807) is 0 Å². The first-order valence-corrected chi connectivity index (χ1v) is 16.9. The van der Waals surface area contributed by atoms with Crippen molar-refractivity contribution in [2.24, 2.45) is 11.3 Å². The summed E-state index contributed by atoms with van der Waals surface area (Å²) in [6.45, 7) is 7.62. The summed E-state index contributed by atoms with van der Waals surface area (Å²) in [6.07, 6.45) is 6.40. The lowest BCUT2D eigenvalue weighted by atomic mass is 9.85. The summed E-state index contributed by atoms with van der Waals surface area (Å²) in [4.78, 5) is 46.7. The molecule has 2 bridgehead atoms. The number of rotatable bonds is 3. The summed E-state index contributed by atoms with van der Waals surface area (Å²) in [6, 6.07) is 6.20. The largest absolute Gasteiger partial charge is 0.489 e. The van der Waals surface area contributed by atoms with Crippen LogP contribution in [0.1, 0.15) is 77.7 Å². The molecule has 2 aromatic rings. The van der Waals surface area contributed by atoms with E-state index in [1.807, 2.05) is 39.0 Å². The molecule has 11 nitrogen and oxygen atoms in total. The lowest BCUT2D eigenvalue weighted by Gasteiger charge is -2.34. The number of nitrogens with one attached hydrogen (secondary N) is 2. The molecule has 250 valence electrons. The first kappa shape index (κ1) is 32.3. The fraction of sp³-hybridized carbons (Fsp3) is 0.657. The van der Waals surface area contributed by atoms with Gasteiger partial charge in [-0.1, -0.05) is 45.7 Å². The molecule has 6 rings (SSSR count). The Kier molecular flexibility index (Phi) is 9.59. The number of hydrogen-bond donors (Lipinski definition) is 2. The van der Waals surface area contributed by atoms with Crippen molar-refractivity contribution in [3.05, 3.63) is 29.8 Å². The minimum atomic E-state index is -0.915. The van der Waals surface area contributed by atoms with Crippen molar-refractivity contribution in [1.82, 2.24) is 20.5 Å². The average molecular weight is 637 g/mol. The molecular formula is C35H48N4O7. The van der Waals surface area contributed by atoms with Crippen LogP contribution in [0.25, 0.3) is 10.9 Å². The second-order valence-corrected chi connectivity index (χ2v) is 14.3. The monoisotopic (exact) mass is 636 g/mol. The highest BCUT2D eigenvalue weighted by atomic mass is 16.6. The van der Waals surface area contributed by atoms with E-state index in [0.717, 1.165) is 86.7 Å². The zero-order chi connectivity index (χ0) is 32.4. The Morgan fingerprint density at radius 1 is 1.02 bits per heavy atom. The number of carbonyl (C=O) groups excluding carboxylic acids is 3. The number of carbonyl (C=O) groups is 3. The molecule has 2 saturated heterocycles. The molecule has 0 spiro atoms. The Bertz CT molecular complexity index is 1440. The molecule has 3 fully saturated rings. The fourth-order valence-electron chi connectivity index (χ4n) is 7.03. The highest BCUT2D eigenvalue weighted by Gasteiger charge is 2.47. The summed E-state index contributed by atoms with van der Waals surface area (Å²) >= 11 is 0. The molecule has 1 aromatic carbocycles. The van der Waals surface area contributed by atoms with E-state index < -0.39 is 35.7 Å². The van der Waals surface area contributed by atoms with Crippen LogP contribution >= 0.6 is 0 Å². The second-order valence-electron chi connectivity index (χ2n) is 14.3. The number of fused-ring (bicyclic) bond motifs is 5. The zero-order valence-electron chi connectivity index (χ0n) is 27.5. The number of methoxy groups -OCH3 is 1. The number of esters is 1. The number of alkyl carbamates (subject to hydrolysis) is 1. The Balaban J connectivity index is 1.37. The first-order valence-electron chi connectivity index (χ1n) is 16.9. The molecule has 5 atom stereocenters. The third kappa shape index (κ3) is 7.19. The molecule has 1 aliphatic carbocycles. The number of para-hydroxylation sites is 1. The van der Waals surface area contributed by atoms with Gasteiger partial charge in [0.25, 0.3) is 0 Å². The standard InChI is InChI=1S/C35H48N4O7/c1-35(2,3)30-32(40)39-20-23(19-27(39)33(41)43-4)45-31-25(12-7-5-6-10-21-18-28(21)46-34(42)38-30)29(44-22-14-16-36-17-15-22)24-11-8-9-13-26(24)37-31/h8-9,11,13,21-23,27-28,30,36H,5-7,10,12,14-20H2,1-4H3,(H,38,42)/t21?,23-,27+,28-,30-/m1/s1. The van der Waals surface area contributed by atoms with Gasteiger partial charge in [0.15, 0.2) is 0 Å². The van der Waals surface area contributed by atoms with Crippen LogP contribution in [0.4, 0.5) is 4.79 Å². The number of aromatic nitrogens is 1. The summed E-state index contributed by atoms with van der Waals surface area (Å²) < 4.78 is 24.4. The average Bonchev–Trinajstić information content (AvgIpc) is 3.63. The second kappa shape index (κ2) is 13.6. The predicted molar refractivity (Wildman–Crippen MR) is 172 cm³/mol. The Hall–Kier alpha value is -3.60. The third-order valence-electron chi connectivity index (χ3n) is 9.76. The van der Waals surface area contributed by atoms with Crippen LogP contribution in [-0.2, 0) is 25.5 Å². The van der Waals surface area contributed by atoms with Gasteiger partial charge in [0, 0.05) is 11.8 Å². The first-order chi connectivity index (χ1) is 22.1. The molecule has 2 N–H and O–H groups in total. The van der Waals surface area contributed by atoms with E-state index in [4.69, 9.17) is 23.9 Å². The quantitative estimate of drug-likeness (QED) is 0.467. The Morgan fingerprint density at radius 3 is 2.57 bits per heavy atom. The lowest BCUT2D eigenvalue weighted by Crippen LogP contribution is -2.57. The Morgan fingerprint density at radius 2 is 1.80 bits per heavy atom. The predicted octanol–water partition coefficient (Wildman–Crippen LogP) is 4.53. The molecule has 0 radical (unpaired) electrons. The van der Waals surface area contributed by atoms with Gasteiger partial charge in [-0.05, 0) is 75.1 Å². The van der Waals surface area contributed by atoms with Crippen LogP contribution in [0.2, 0.25) is 0 Å². The molecule has 1 aromatic heterocycles. The van der Waals surface area contributed by atoms with E-state index in [-0.39, 0.29) is 31.1 Å². The number of piperidine rings is 1. The van der Waals surface area contributed by atoms with Gasteiger partial charge < -0.3 is 34.5 Å². The van der Waals surface area contributed by atoms with E-state index in [0.29, 0.717) is 11.8 Å². The van der Waals surface area contributed by atoms with Crippen LogP contribution < -0.4 is 20.1 Å². The minimum Gasteiger partial charge on any atom is -0.489 e. The maximum absolute atomic E-state index is 14.2. The number of amides is 2. The van der Waals surface area contributed by atoms with Crippen molar-refractivity contribution < 1.29 is 33.3 Å². The van der Waals surface area contributed by atoms with E-state index in [1.165, 1.54) is 12.0 Å². The van der Waals surface area contributed by atoms with E-state index in [9.17, 15) is 14.4 Å². The smallest absolute Gasteiger partial charge is 0.408 e. The van der Waals surface area contributed by atoms with Crippen molar-refractivity contribution in [3.63, 3.8) is 0 Å². The van der Waals surface area contributed by atoms with Crippen molar-refractivity contribution in [2.75, 3.05) is 26.7 Å². The van der Waals surface area contributed by atoms with Crippen molar-refractivity contribution in [2.45, 2.75) is 109 Å². The molecular weight excluding hydrogens is 588 g/mol. The molecule has 3 aliphatic heterocycles. The van der Waals surface area contributed by atoms with Crippen LogP contribution in [0, 0.1) is 11.3 Å². The molecule has 4 heterocycles. The Labute approximate surface area is 271 Å². The molecule has 4 aliphatic rings. The van der Waals surface area contributed by atoms with Gasteiger partial charge in [0.05, 0.1) is 24.7 Å². The summed E-state index contributed by atoms with van der Waals surface area (Å²) in [5.74, 6) is 0.743. The molecule has 2 amide bonds. The fourth-order valence-corrected chi connectivity index (χ4v) is 7.03. The van der Waals surface area contributed by atoms with E-state index >= 15 is 0 Å². The third-order valence-corrected chi connectivity index (χ3v) is 9.76. The minimum absolute atomic E-state index is 0.0869. The number of pyridine rings is 1. The van der Waals surface area contributed by atoms with Crippen LogP contribution in [0.3, 0.4) is 0 Å². The highest BCUT2D eigenvalue weighted by Crippen LogP contribution is 2.41. The van der Waals surface area contributed by atoms with Gasteiger partial charge in [-0.25, -0.2) is 14.6 Å². The number of benzene rings is 1. The van der Waals surface area contributed by atoms with Crippen molar-refractivity contribution >= 4 is 28.9 Å². The van der Waals surface area contributed by atoms with Gasteiger partial charge in [-0.2, -0.15) is 0 Å². The molecule has 1 saturated carbocycles. The topological polar surface area (TPSA) is 128 Å².